The maximum absolute atomic E-state index is 12.0. The molecule has 0 bridgehead atoms. The number of benzene rings is 1. The zero-order valence-electron chi connectivity index (χ0n) is 18.1. The van der Waals surface area contributed by atoms with E-state index in [9.17, 15) is 14.4 Å². The van der Waals surface area contributed by atoms with E-state index in [4.69, 9.17) is 31.2 Å². The molecule has 0 amide bonds. The van der Waals surface area contributed by atoms with Crippen molar-refractivity contribution >= 4 is 56.9 Å². The van der Waals surface area contributed by atoms with Crippen LogP contribution in [0.5, 0.6) is 0 Å². The van der Waals surface area contributed by atoms with Crippen molar-refractivity contribution in [3.8, 4) is 0 Å². The molecule has 1 aromatic rings. The van der Waals surface area contributed by atoms with Crippen LogP contribution < -0.4 is 4.90 Å². The second kappa shape index (κ2) is 10.1. The molecule has 0 N–H and O–H groups in total. The third-order valence-electron chi connectivity index (χ3n) is 5.20. The van der Waals surface area contributed by atoms with Gasteiger partial charge in [-0.3, -0.25) is 19.3 Å². The number of hydrogen-bond acceptors (Lipinski definition) is 8. The van der Waals surface area contributed by atoms with Crippen LogP contribution in [-0.2, 0) is 33.3 Å². The third-order valence-corrected chi connectivity index (χ3v) is 6.16. The molecule has 0 saturated carbocycles. The molecule has 174 valence electrons. The van der Waals surface area contributed by atoms with Gasteiger partial charge in [-0.05, 0) is 43.4 Å². The van der Waals surface area contributed by atoms with Crippen molar-refractivity contribution in [1.29, 1.82) is 0 Å². The van der Waals surface area contributed by atoms with Crippen LogP contribution in [-0.4, -0.2) is 71.7 Å². The van der Waals surface area contributed by atoms with Gasteiger partial charge in [0.05, 0.1) is 0 Å². The van der Waals surface area contributed by atoms with Crippen molar-refractivity contribution < 1.29 is 33.3 Å². The van der Waals surface area contributed by atoms with Crippen molar-refractivity contribution in [2.24, 2.45) is 0 Å². The number of thiocarbonyl (C=S) groups is 1. The van der Waals surface area contributed by atoms with Gasteiger partial charge in [-0.1, -0.05) is 15.9 Å². The first kappa shape index (κ1) is 24.4. The van der Waals surface area contributed by atoms with Gasteiger partial charge in [0.25, 0.3) is 0 Å². The molecule has 0 radical (unpaired) electrons. The maximum atomic E-state index is 12.0. The molecule has 3 rings (SSSR count). The highest BCUT2D eigenvalue weighted by Crippen LogP contribution is 2.41. The normalized spacial score (nSPS) is 25.3. The van der Waals surface area contributed by atoms with Crippen molar-refractivity contribution in [1.82, 2.24) is 4.90 Å². The number of carbonyl (C=O) groups excluding carboxylic acids is 3. The first-order valence-corrected chi connectivity index (χ1v) is 11.3. The van der Waals surface area contributed by atoms with Crippen molar-refractivity contribution in [2.45, 2.75) is 58.3 Å². The average Bonchev–Trinajstić information content (AvgIpc) is 3.18. The van der Waals surface area contributed by atoms with Crippen molar-refractivity contribution in [2.75, 3.05) is 18.1 Å². The Morgan fingerprint density at radius 3 is 2.31 bits per heavy atom. The molecular weight excluding hydrogens is 504 g/mol. The highest BCUT2D eigenvalue weighted by Gasteiger charge is 2.60. The number of carbonyl (C=O) groups is 3. The minimum Gasteiger partial charge on any atom is -0.462 e. The van der Waals surface area contributed by atoms with Crippen LogP contribution in [0.3, 0.4) is 0 Å². The minimum atomic E-state index is -0.967. The minimum absolute atomic E-state index is 0.231. The summed E-state index contributed by atoms with van der Waals surface area (Å²) < 4.78 is 23.4. The van der Waals surface area contributed by atoms with Crippen LogP contribution in [0.4, 0.5) is 5.69 Å². The van der Waals surface area contributed by atoms with Gasteiger partial charge in [0.15, 0.2) is 23.5 Å². The van der Waals surface area contributed by atoms with Gasteiger partial charge < -0.3 is 23.8 Å². The van der Waals surface area contributed by atoms with E-state index in [1.165, 1.54) is 20.8 Å². The van der Waals surface area contributed by atoms with Gasteiger partial charge in [0, 0.05) is 37.5 Å². The molecule has 9 nitrogen and oxygen atoms in total. The van der Waals surface area contributed by atoms with Crippen LogP contribution in [0.25, 0.3) is 0 Å². The summed E-state index contributed by atoms with van der Waals surface area (Å²) in [5.41, 5.74) is 0.801. The van der Waals surface area contributed by atoms with Gasteiger partial charge >= 0.3 is 17.9 Å². The molecule has 1 aromatic carbocycles. The van der Waals surface area contributed by atoms with Crippen molar-refractivity contribution in [3.63, 3.8) is 0 Å². The molecule has 32 heavy (non-hydrogen) atoms. The van der Waals surface area contributed by atoms with Crippen LogP contribution in [0, 0.1) is 0 Å². The zero-order valence-corrected chi connectivity index (χ0v) is 20.6. The summed E-state index contributed by atoms with van der Waals surface area (Å²) in [6.45, 7) is 6.06. The number of rotatable bonds is 7. The molecule has 11 heteroatoms. The molecule has 2 aliphatic heterocycles. The lowest BCUT2D eigenvalue weighted by molar-refractivity contribution is -0.174. The highest BCUT2D eigenvalue weighted by atomic mass is 79.9. The summed E-state index contributed by atoms with van der Waals surface area (Å²) in [7, 11) is 0. The molecule has 2 aliphatic rings. The van der Waals surface area contributed by atoms with Gasteiger partial charge in [-0.2, -0.15) is 0 Å². The van der Waals surface area contributed by atoms with E-state index in [2.05, 4.69) is 15.9 Å². The molecule has 0 aliphatic carbocycles. The second-order valence-electron chi connectivity index (χ2n) is 7.42. The Bertz CT molecular complexity index is 897. The predicted octanol–water partition coefficient (Wildman–Crippen LogP) is 2.40. The number of hydrogen-bond donors (Lipinski definition) is 0. The molecule has 5 atom stereocenters. The fraction of sp³-hybridized carbons (Fsp3) is 0.524. The zero-order chi connectivity index (χ0) is 23.6. The number of esters is 3. The van der Waals surface area contributed by atoms with Gasteiger partial charge in [0.2, 0.25) is 0 Å². The van der Waals surface area contributed by atoms with E-state index in [1.54, 1.807) is 0 Å². The fourth-order valence-electron chi connectivity index (χ4n) is 4.04. The van der Waals surface area contributed by atoms with Crippen LogP contribution >= 0.6 is 28.1 Å². The van der Waals surface area contributed by atoms with E-state index in [0.29, 0.717) is 11.7 Å². The summed E-state index contributed by atoms with van der Waals surface area (Å²) in [4.78, 5) is 38.9. The predicted molar refractivity (Wildman–Crippen MR) is 122 cm³/mol. The SMILES string of the molecule is CCN1C(=S)N(c2ccc(Br)cc2)C2OC(C(COC(C)=O)OC(C)=O)C(OC(C)=O)C21. The third kappa shape index (κ3) is 5.05. The largest absolute Gasteiger partial charge is 0.462 e. The Kier molecular flexibility index (Phi) is 7.73. The number of fused-ring (bicyclic) bond motifs is 1. The lowest BCUT2D eigenvalue weighted by Gasteiger charge is -2.32. The standard InChI is InChI=1S/C21H25BrN2O7S/c1-5-23-17-19(30-13(4)27)18(16(29-12(3)26)10-28-11(2)25)31-20(17)24(21(23)32)15-8-6-14(22)7-9-15/h6-9,16-20H,5,10H2,1-4H3. The fourth-order valence-corrected chi connectivity index (χ4v) is 4.76. The van der Waals surface area contributed by atoms with Crippen LogP contribution in [0.1, 0.15) is 27.7 Å². The van der Waals surface area contributed by atoms with Gasteiger partial charge in [-0.25, -0.2) is 0 Å². The monoisotopic (exact) mass is 528 g/mol. The first-order chi connectivity index (χ1) is 15.1. The van der Waals surface area contributed by atoms with E-state index in [0.717, 1.165) is 10.2 Å². The number of anilines is 1. The van der Waals surface area contributed by atoms with Crippen molar-refractivity contribution in [3.05, 3.63) is 28.7 Å². The van der Waals surface area contributed by atoms with E-state index >= 15 is 0 Å². The Morgan fingerprint density at radius 2 is 1.78 bits per heavy atom. The molecule has 2 fully saturated rings. The first-order valence-electron chi connectivity index (χ1n) is 10.1. The topological polar surface area (TPSA) is 94.6 Å². The average molecular weight is 529 g/mol. The second-order valence-corrected chi connectivity index (χ2v) is 8.70. The Morgan fingerprint density at radius 1 is 1.12 bits per heavy atom. The Balaban J connectivity index is 2.00. The van der Waals surface area contributed by atoms with E-state index in [1.807, 2.05) is 41.0 Å². The number of ether oxygens (including phenoxy) is 4. The molecule has 2 saturated heterocycles. The quantitative estimate of drug-likeness (QED) is 0.298. The molecule has 0 spiro atoms. The smallest absolute Gasteiger partial charge is 0.303 e. The maximum Gasteiger partial charge on any atom is 0.303 e. The summed E-state index contributed by atoms with van der Waals surface area (Å²) >= 11 is 9.15. The number of likely N-dealkylation sites (N-methyl/N-ethyl adjacent to an activating group) is 1. The van der Waals surface area contributed by atoms with E-state index < -0.39 is 48.5 Å². The summed E-state index contributed by atoms with van der Waals surface area (Å²) in [6.07, 6.45) is -3.25. The Labute approximate surface area is 200 Å². The lowest BCUT2D eigenvalue weighted by atomic mass is 10.0. The molecular formula is C21H25BrN2O7S. The lowest BCUT2D eigenvalue weighted by Crippen LogP contribution is -2.50. The number of nitrogens with zero attached hydrogens (tertiary/aromatic N) is 2. The number of halogens is 1. The summed E-state index contributed by atoms with van der Waals surface area (Å²) in [5, 5.41) is 0.532. The summed E-state index contributed by atoms with van der Waals surface area (Å²) in [5.74, 6) is -1.61. The van der Waals surface area contributed by atoms with Crippen LogP contribution in [0.15, 0.2) is 28.7 Å². The molecule has 5 unspecified atom stereocenters. The highest BCUT2D eigenvalue weighted by molar-refractivity contribution is 9.10. The molecule has 0 aromatic heterocycles. The van der Waals surface area contributed by atoms with E-state index in [-0.39, 0.29) is 6.61 Å². The van der Waals surface area contributed by atoms with Gasteiger partial charge in [-0.15, -0.1) is 0 Å². The van der Waals surface area contributed by atoms with Crippen LogP contribution in [0.2, 0.25) is 0 Å². The Hall–Kier alpha value is -2.24. The van der Waals surface area contributed by atoms with Gasteiger partial charge in [0.1, 0.15) is 18.8 Å². The summed E-state index contributed by atoms with van der Waals surface area (Å²) in [6, 6.07) is 7.12. The molecule has 2 heterocycles.